The summed E-state index contributed by atoms with van der Waals surface area (Å²) >= 11 is 5.54. The maximum atomic E-state index is 13.0. The summed E-state index contributed by atoms with van der Waals surface area (Å²) in [6, 6.07) is 3.04. The van der Waals surface area contributed by atoms with Gasteiger partial charge in [0.2, 0.25) is 5.82 Å². The quantitative estimate of drug-likeness (QED) is 0.830. The summed E-state index contributed by atoms with van der Waals surface area (Å²) in [6.45, 7) is -0.00327. The molecule has 0 aliphatic heterocycles. The van der Waals surface area contributed by atoms with Gasteiger partial charge in [0.1, 0.15) is 0 Å². The van der Waals surface area contributed by atoms with Crippen molar-refractivity contribution in [1.82, 2.24) is 19.7 Å². The predicted molar refractivity (Wildman–Crippen MR) is 57.4 cm³/mol. The monoisotopic (exact) mass is 256 g/mol. The van der Waals surface area contributed by atoms with Crippen molar-refractivity contribution >= 4 is 11.6 Å². The van der Waals surface area contributed by atoms with Crippen LogP contribution in [-0.2, 0) is 6.54 Å². The van der Waals surface area contributed by atoms with Crippen molar-refractivity contribution in [2.45, 2.75) is 6.54 Å². The lowest BCUT2D eigenvalue weighted by molar-refractivity contribution is 0.563. The molecule has 2 aromatic heterocycles. The first-order valence-electron chi connectivity index (χ1n) is 4.53. The highest BCUT2D eigenvalue weighted by Crippen LogP contribution is 2.02. The number of aromatic nitrogens is 4. The summed E-state index contributed by atoms with van der Waals surface area (Å²) in [6.07, 6.45) is 0.817. The number of H-pyrrole nitrogens is 1. The van der Waals surface area contributed by atoms with Crippen molar-refractivity contribution in [2.75, 3.05) is 0 Å². The van der Waals surface area contributed by atoms with E-state index in [1.165, 1.54) is 6.07 Å². The van der Waals surface area contributed by atoms with E-state index in [2.05, 4.69) is 10.2 Å². The number of nitrogens with zero attached hydrogens (tertiary/aromatic N) is 3. The van der Waals surface area contributed by atoms with E-state index in [9.17, 15) is 14.0 Å². The third-order valence-corrected chi connectivity index (χ3v) is 2.19. The molecule has 0 amide bonds. The second kappa shape index (κ2) is 4.46. The Labute approximate surface area is 98.7 Å². The molecule has 17 heavy (non-hydrogen) atoms. The van der Waals surface area contributed by atoms with Crippen LogP contribution < -0.4 is 11.2 Å². The molecule has 0 unspecified atom stereocenters. The van der Waals surface area contributed by atoms with Crippen molar-refractivity contribution in [3.05, 3.63) is 55.8 Å². The van der Waals surface area contributed by atoms with E-state index in [1.807, 2.05) is 4.98 Å². The molecule has 0 fully saturated rings. The Kier molecular flexibility index (Phi) is 3.01. The Bertz CT molecular complexity index is 649. The van der Waals surface area contributed by atoms with Crippen LogP contribution >= 0.6 is 11.6 Å². The van der Waals surface area contributed by atoms with Crippen LogP contribution in [-0.4, -0.2) is 19.7 Å². The molecule has 0 aromatic carbocycles. The lowest BCUT2D eigenvalue weighted by Gasteiger charge is -2.03. The maximum Gasteiger partial charge on any atom is 0.328 e. The van der Waals surface area contributed by atoms with Gasteiger partial charge in [0.25, 0.3) is 5.56 Å². The van der Waals surface area contributed by atoms with Crippen molar-refractivity contribution in [2.24, 2.45) is 0 Å². The molecule has 0 bridgehead atoms. The summed E-state index contributed by atoms with van der Waals surface area (Å²) < 4.78 is 13.9. The molecule has 2 aromatic rings. The van der Waals surface area contributed by atoms with Gasteiger partial charge in [-0.1, -0.05) is 11.6 Å². The van der Waals surface area contributed by atoms with Gasteiger partial charge in [-0.05, 0) is 12.1 Å². The van der Waals surface area contributed by atoms with E-state index in [0.29, 0.717) is 5.69 Å². The first-order chi connectivity index (χ1) is 8.06. The molecular formula is C9H6ClFN4O2. The molecule has 6 nitrogen and oxygen atoms in total. The SMILES string of the molecule is O=c1[nH]c(=O)n(Cc2ccc(Cl)nn2)cc1F. The number of aromatic amines is 1. The van der Waals surface area contributed by atoms with Crippen LogP contribution in [0.15, 0.2) is 27.9 Å². The average Bonchev–Trinajstić information content (AvgIpc) is 2.29. The first kappa shape index (κ1) is 11.5. The highest BCUT2D eigenvalue weighted by Gasteiger charge is 2.05. The number of nitrogens with one attached hydrogen (secondary N) is 1. The average molecular weight is 257 g/mol. The Morgan fingerprint density at radius 1 is 1.35 bits per heavy atom. The lowest BCUT2D eigenvalue weighted by atomic mass is 10.4. The van der Waals surface area contributed by atoms with Crippen molar-refractivity contribution < 1.29 is 4.39 Å². The molecule has 0 aliphatic rings. The molecule has 0 spiro atoms. The van der Waals surface area contributed by atoms with Gasteiger partial charge >= 0.3 is 5.69 Å². The molecule has 0 aliphatic carbocycles. The van der Waals surface area contributed by atoms with Crippen LogP contribution in [0.25, 0.3) is 0 Å². The van der Waals surface area contributed by atoms with E-state index in [-0.39, 0.29) is 11.7 Å². The second-order valence-electron chi connectivity index (χ2n) is 3.21. The zero-order chi connectivity index (χ0) is 12.4. The van der Waals surface area contributed by atoms with E-state index < -0.39 is 17.1 Å². The van der Waals surface area contributed by atoms with Crippen molar-refractivity contribution in [1.29, 1.82) is 0 Å². The fraction of sp³-hybridized carbons (Fsp3) is 0.111. The second-order valence-corrected chi connectivity index (χ2v) is 3.60. The molecule has 88 valence electrons. The Balaban J connectivity index is 2.36. The van der Waals surface area contributed by atoms with E-state index in [0.717, 1.165) is 10.8 Å². The molecule has 8 heteroatoms. The predicted octanol–water partition coefficient (Wildman–Crippen LogP) is 0.167. The molecular weight excluding hydrogens is 251 g/mol. The third-order valence-electron chi connectivity index (χ3n) is 1.99. The van der Waals surface area contributed by atoms with Crippen LogP contribution in [0.3, 0.4) is 0 Å². The normalized spacial score (nSPS) is 10.5. The van der Waals surface area contributed by atoms with E-state index in [4.69, 9.17) is 11.6 Å². The summed E-state index contributed by atoms with van der Waals surface area (Å²) in [5, 5.41) is 7.51. The van der Waals surface area contributed by atoms with Crippen LogP contribution in [0.5, 0.6) is 0 Å². The van der Waals surface area contributed by atoms with Gasteiger partial charge < -0.3 is 0 Å². The minimum absolute atomic E-state index is 0.00327. The fourth-order valence-corrected chi connectivity index (χ4v) is 1.30. The number of hydrogen-bond acceptors (Lipinski definition) is 4. The highest BCUT2D eigenvalue weighted by molar-refractivity contribution is 6.29. The van der Waals surface area contributed by atoms with Crippen molar-refractivity contribution in [3.63, 3.8) is 0 Å². The fourth-order valence-electron chi connectivity index (χ4n) is 1.20. The van der Waals surface area contributed by atoms with Gasteiger partial charge in [-0.25, -0.2) is 4.79 Å². The van der Waals surface area contributed by atoms with Gasteiger partial charge in [-0.3, -0.25) is 14.3 Å². The highest BCUT2D eigenvalue weighted by atomic mass is 35.5. The van der Waals surface area contributed by atoms with Crippen molar-refractivity contribution in [3.8, 4) is 0 Å². The van der Waals surface area contributed by atoms with Gasteiger partial charge in [0, 0.05) is 0 Å². The molecule has 0 radical (unpaired) electrons. The lowest BCUT2D eigenvalue weighted by Crippen LogP contribution is -2.31. The summed E-state index contributed by atoms with van der Waals surface area (Å²) in [4.78, 5) is 24.0. The van der Waals surface area contributed by atoms with Gasteiger partial charge in [0.15, 0.2) is 5.15 Å². The molecule has 0 atom stereocenters. The van der Waals surface area contributed by atoms with Crippen LogP contribution in [0.2, 0.25) is 5.15 Å². The first-order valence-corrected chi connectivity index (χ1v) is 4.91. The standard InChI is InChI=1S/C9H6ClFN4O2/c10-7-2-1-5(13-14-7)3-15-4-6(11)8(16)12-9(15)17/h1-2,4H,3H2,(H,12,16,17). The number of halogens is 2. The zero-order valence-electron chi connectivity index (χ0n) is 8.35. The van der Waals surface area contributed by atoms with Gasteiger partial charge in [0.05, 0.1) is 18.4 Å². The Morgan fingerprint density at radius 3 is 2.76 bits per heavy atom. The molecule has 0 saturated heterocycles. The Morgan fingerprint density at radius 2 is 2.12 bits per heavy atom. The van der Waals surface area contributed by atoms with E-state index >= 15 is 0 Å². The molecule has 1 N–H and O–H groups in total. The Hall–Kier alpha value is -2.02. The smallest absolute Gasteiger partial charge is 0.292 e. The van der Waals surface area contributed by atoms with Crippen LogP contribution in [0, 0.1) is 5.82 Å². The maximum absolute atomic E-state index is 13.0. The topological polar surface area (TPSA) is 80.6 Å². The van der Waals surface area contributed by atoms with Crippen LogP contribution in [0.4, 0.5) is 4.39 Å². The summed E-state index contributed by atoms with van der Waals surface area (Å²) in [5.41, 5.74) is -1.34. The number of hydrogen-bond donors (Lipinski definition) is 1. The summed E-state index contributed by atoms with van der Waals surface area (Å²) in [5.74, 6) is -1.04. The minimum atomic E-state index is -1.05. The molecule has 2 heterocycles. The van der Waals surface area contributed by atoms with Crippen LogP contribution in [0.1, 0.15) is 5.69 Å². The van der Waals surface area contributed by atoms with Gasteiger partial charge in [-0.15, -0.1) is 5.10 Å². The zero-order valence-corrected chi connectivity index (χ0v) is 9.11. The number of rotatable bonds is 2. The largest absolute Gasteiger partial charge is 0.328 e. The van der Waals surface area contributed by atoms with E-state index in [1.54, 1.807) is 6.07 Å². The molecule has 0 saturated carbocycles. The molecule has 2 rings (SSSR count). The van der Waals surface area contributed by atoms with Gasteiger partial charge in [-0.2, -0.15) is 9.49 Å². The minimum Gasteiger partial charge on any atom is -0.292 e. The summed E-state index contributed by atoms with van der Waals surface area (Å²) in [7, 11) is 0. The third kappa shape index (κ3) is 2.56.